The van der Waals surface area contributed by atoms with Crippen molar-refractivity contribution >= 4 is 11.4 Å². The zero-order chi connectivity index (χ0) is 15.1. The van der Waals surface area contributed by atoms with Gasteiger partial charge in [-0.25, -0.2) is 4.98 Å². The highest BCUT2D eigenvalue weighted by Gasteiger charge is 2.33. The van der Waals surface area contributed by atoms with Crippen molar-refractivity contribution in [3.63, 3.8) is 0 Å². The molecule has 0 spiro atoms. The van der Waals surface area contributed by atoms with Crippen LogP contribution in [0, 0.1) is 17.2 Å². The third kappa shape index (κ3) is 2.24. The fraction of sp³-hybridized carbons (Fsp3) is 0.438. The van der Waals surface area contributed by atoms with Gasteiger partial charge in [-0.2, -0.15) is 5.26 Å². The molecule has 1 amide bonds. The second-order valence-electron chi connectivity index (χ2n) is 6.22. The molecule has 2 aromatic heterocycles. The van der Waals surface area contributed by atoms with E-state index in [1.54, 1.807) is 22.9 Å². The number of aromatic nitrogens is 2. The average molecular weight is 295 g/mol. The Kier molecular flexibility index (Phi) is 3.09. The van der Waals surface area contributed by atoms with Crippen molar-refractivity contribution in [2.75, 3.05) is 19.6 Å². The quantitative estimate of drug-likeness (QED) is 0.898. The van der Waals surface area contributed by atoms with Gasteiger partial charge in [0.05, 0.1) is 11.7 Å². The van der Waals surface area contributed by atoms with Crippen LogP contribution in [-0.2, 0) is 0 Å². The molecule has 1 unspecified atom stereocenters. The Labute approximate surface area is 128 Å². The summed E-state index contributed by atoms with van der Waals surface area (Å²) in [5, 5.41) is 12.2. The molecule has 4 heterocycles. The molecule has 4 rings (SSSR count). The molecule has 112 valence electrons. The number of nitrogens with one attached hydrogen (secondary N) is 1. The van der Waals surface area contributed by atoms with E-state index in [0.717, 1.165) is 25.0 Å². The van der Waals surface area contributed by atoms with Crippen LogP contribution in [0.3, 0.4) is 0 Å². The zero-order valence-corrected chi connectivity index (χ0v) is 12.2. The third-order valence-corrected chi connectivity index (χ3v) is 4.69. The Bertz CT molecular complexity index is 762. The monoisotopic (exact) mass is 295 g/mol. The van der Waals surface area contributed by atoms with E-state index < -0.39 is 0 Å². The van der Waals surface area contributed by atoms with Crippen LogP contribution >= 0.6 is 0 Å². The van der Waals surface area contributed by atoms with Crippen molar-refractivity contribution in [1.82, 2.24) is 19.6 Å². The fourth-order valence-electron chi connectivity index (χ4n) is 3.64. The van der Waals surface area contributed by atoms with E-state index in [2.05, 4.69) is 21.3 Å². The maximum Gasteiger partial charge on any atom is 0.271 e. The Balaban J connectivity index is 1.54. The SMILES string of the molecule is N#Cc1ccc2cnc(C(=O)N[C@@H]3C[C@H]4CCN(C4)C3)cn12. The summed E-state index contributed by atoms with van der Waals surface area (Å²) >= 11 is 0. The average Bonchev–Trinajstić information content (AvgIpc) is 3.09. The van der Waals surface area contributed by atoms with E-state index in [1.807, 2.05) is 6.07 Å². The summed E-state index contributed by atoms with van der Waals surface area (Å²) in [7, 11) is 0. The maximum atomic E-state index is 12.4. The van der Waals surface area contributed by atoms with Gasteiger partial charge < -0.3 is 14.6 Å². The van der Waals surface area contributed by atoms with E-state index in [0.29, 0.717) is 17.3 Å². The number of amides is 1. The highest BCUT2D eigenvalue weighted by molar-refractivity contribution is 5.92. The van der Waals surface area contributed by atoms with Gasteiger partial charge in [-0.05, 0) is 37.4 Å². The molecule has 0 aromatic carbocycles. The van der Waals surface area contributed by atoms with Crippen LogP contribution in [0.1, 0.15) is 29.0 Å². The van der Waals surface area contributed by atoms with Crippen LogP contribution < -0.4 is 5.32 Å². The van der Waals surface area contributed by atoms with E-state index >= 15 is 0 Å². The molecule has 0 saturated carbocycles. The van der Waals surface area contributed by atoms with Crippen molar-refractivity contribution in [2.45, 2.75) is 18.9 Å². The molecule has 1 N–H and O–H groups in total. The summed E-state index contributed by atoms with van der Waals surface area (Å²) in [6.45, 7) is 3.25. The summed E-state index contributed by atoms with van der Waals surface area (Å²) in [5.74, 6) is 0.552. The topological polar surface area (TPSA) is 73.4 Å². The minimum Gasteiger partial charge on any atom is -0.347 e. The predicted octanol–water partition coefficient (Wildman–Crippen LogP) is 1.03. The van der Waals surface area contributed by atoms with Crippen LogP contribution in [0.15, 0.2) is 24.5 Å². The number of nitrogens with zero attached hydrogens (tertiary/aromatic N) is 4. The fourth-order valence-corrected chi connectivity index (χ4v) is 3.64. The number of rotatable bonds is 2. The molecule has 0 aliphatic carbocycles. The highest BCUT2D eigenvalue weighted by atomic mass is 16.2. The van der Waals surface area contributed by atoms with Crippen molar-refractivity contribution < 1.29 is 4.79 Å². The number of carbonyl (C=O) groups excluding carboxylic acids is 1. The Hall–Kier alpha value is -2.39. The van der Waals surface area contributed by atoms with Crippen LogP contribution in [0.4, 0.5) is 0 Å². The molecule has 2 fully saturated rings. The van der Waals surface area contributed by atoms with Crippen molar-refractivity contribution in [2.24, 2.45) is 5.92 Å². The van der Waals surface area contributed by atoms with Crippen LogP contribution in [0.2, 0.25) is 0 Å². The standard InChI is InChI=1S/C16H17N5O/c17-6-13-1-2-14-7-18-15(10-21(13)14)16(22)19-12-5-11-3-4-20(8-11)9-12/h1-2,7,10-12H,3-5,8-9H2,(H,19,22)/t11-,12-/m1/s1. The van der Waals surface area contributed by atoms with Gasteiger partial charge in [0.1, 0.15) is 17.5 Å². The second-order valence-corrected chi connectivity index (χ2v) is 6.22. The first-order chi connectivity index (χ1) is 10.7. The zero-order valence-electron chi connectivity index (χ0n) is 12.2. The van der Waals surface area contributed by atoms with Gasteiger partial charge in [-0.3, -0.25) is 4.79 Å². The summed E-state index contributed by atoms with van der Waals surface area (Å²) in [5.41, 5.74) is 1.68. The van der Waals surface area contributed by atoms with Gasteiger partial charge in [-0.1, -0.05) is 0 Å². The minimum absolute atomic E-state index is 0.160. The molecule has 2 saturated heterocycles. The summed E-state index contributed by atoms with van der Waals surface area (Å²) in [6, 6.07) is 5.86. The lowest BCUT2D eigenvalue weighted by Gasteiger charge is -2.30. The first-order valence-corrected chi connectivity index (χ1v) is 7.63. The molecule has 6 nitrogen and oxygen atoms in total. The molecular formula is C16H17N5O. The van der Waals surface area contributed by atoms with Crippen molar-refractivity contribution in [1.29, 1.82) is 5.26 Å². The Morgan fingerprint density at radius 1 is 1.41 bits per heavy atom. The lowest BCUT2D eigenvalue weighted by atomic mass is 9.97. The van der Waals surface area contributed by atoms with Crippen LogP contribution in [-0.4, -0.2) is 45.9 Å². The normalized spacial score (nSPS) is 26.8. The van der Waals surface area contributed by atoms with Gasteiger partial charge in [0, 0.05) is 25.3 Å². The summed E-state index contributed by atoms with van der Waals surface area (Å²) in [4.78, 5) is 19.1. The first kappa shape index (κ1) is 13.3. The van der Waals surface area contributed by atoms with Gasteiger partial charge in [0.15, 0.2) is 0 Å². The predicted molar refractivity (Wildman–Crippen MR) is 80.3 cm³/mol. The first-order valence-electron chi connectivity index (χ1n) is 7.63. The molecule has 22 heavy (non-hydrogen) atoms. The van der Waals surface area contributed by atoms with E-state index in [-0.39, 0.29) is 11.9 Å². The molecule has 3 atom stereocenters. The molecule has 2 bridgehead atoms. The Morgan fingerprint density at radius 3 is 3.14 bits per heavy atom. The maximum absolute atomic E-state index is 12.4. The number of hydrogen-bond donors (Lipinski definition) is 1. The third-order valence-electron chi connectivity index (χ3n) is 4.69. The van der Waals surface area contributed by atoms with E-state index in [4.69, 9.17) is 5.26 Å². The van der Waals surface area contributed by atoms with E-state index in [1.165, 1.54) is 13.0 Å². The minimum atomic E-state index is -0.160. The van der Waals surface area contributed by atoms with Crippen LogP contribution in [0.5, 0.6) is 0 Å². The molecule has 2 aliphatic rings. The molecular weight excluding hydrogens is 278 g/mol. The van der Waals surface area contributed by atoms with Crippen molar-refractivity contribution in [3.05, 3.63) is 35.9 Å². The highest BCUT2D eigenvalue weighted by Crippen LogP contribution is 2.26. The van der Waals surface area contributed by atoms with Gasteiger partial charge in [0.25, 0.3) is 5.91 Å². The lowest BCUT2D eigenvalue weighted by Crippen LogP contribution is -2.47. The van der Waals surface area contributed by atoms with Gasteiger partial charge >= 0.3 is 0 Å². The molecule has 0 radical (unpaired) electrons. The number of hydrogen-bond acceptors (Lipinski definition) is 4. The van der Waals surface area contributed by atoms with Gasteiger partial charge in [-0.15, -0.1) is 0 Å². The second kappa shape index (κ2) is 5.11. The smallest absolute Gasteiger partial charge is 0.271 e. The molecule has 6 heteroatoms. The van der Waals surface area contributed by atoms with Crippen LogP contribution in [0.25, 0.3) is 5.52 Å². The number of piperidine rings is 1. The van der Waals surface area contributed by atoms with Crippen molar-refractivity contribution in [3.8, 4) is 6.07 Å². The molecule has 2 aliphatic heterocycles. The largest absolute Gasteiger partial charge is 0.347 e. The van der Waals surface area contributed by atoms with E-state index in [9.17, 15) is 4.79 Å². The lowest BCUT2D eigenvalue weighted by molar-refractivity contribution is 0.0904. The summed E-state index contributed by atoms with van der Waals surface area (Å²) < 4.78 is 1.70. The molecule has 2 aromatic rings. The Morgan fingerprint density at radius 2 is 2.32 bits per heavy atom. The number of carbonyl (C=O) groups is 1. The number of nitriles is 1. The summed E-state index contributed by atoms with van der Waals surface area (Å²) in [6.07, 6.45) is 5.56. The number of fused-ring (bicyclic) bond motifs is 3. The van der Waals surface area contributed by atoms with Gasteiger partial charge in [0.2, 0.25) is 0 Å².